The molecule has 0 N–H and O–H groups in total. The van der Waals surface area contributed by atoms with Gasteiger partial charge >= 0.3 is 0 Å². The molecule has 13 heavy (non-hydrogen) atoms. The van der Waals surface area contributed by atoms with Gasteiger partial charge in [0.15, 0.2) is 0 Å². The number of hydrogen-bond donors (Lipinski definition) is 0. The van der Waals surface area contributed by atoms with E-state index in [1.807, 2.05) is 51.1 Å². The fourth-order valence-corrected chi connectivity index (χ4v) is 2.45. The molecule has 0 fully saturated rings. The summed E-state index contributed by atoms with van der Waals surface area (Å²) in [6.07, 6.45) is 0. The lowest BCUT2D eigenvalue weighted by molar-refractivity contribution is 0.644. The maximum atomic E-state index is 11.7. The van der Waals surface area contributed by atoms with Gasteiger partial charge in [-0.2, -0.15) is 0 Å². The summed E-state index contributed by atoms with van der Waals surface area (Å²) < 4.78 is 11.5. The van der Waals surface area contributed by atoms with Gasteiger partial charge in [0, 0.05) is 16.6 Å². The van der Waals surface area contributed by atoms with Gasteiger partial charge in [-0.1, -0.05) is 37.3 Å². The van der Waals surface area contributed by atoms with Crippen LogP contribution >= 0.6 is 0 Å². The third kappa shape index (κ3) is 2.19. The highest BCUT2D eigenvalue weighted by molar-refractivity contribution is 7.85. The molecular formula is C11H16OS. The van der Waals surface area contributed by atoms with Crippen LogP contribution in [0.5, 0.6) is 0 Å². The second kappa shape index (κ2) is 4.05. The van der Waals surface area contributed by atoms with Crippen LogP contribution in [0.3, 0.4) is 0 Å². The average molecular weight is 196 g/mol. The van der Waals surface area contributed by atoms with Crippen molar-refractivity contribution in [1.29, 1.82) is 0 Å². The minimum Gasteiger partial charge on any atom is -0.259 e. The Morgan fingerprint density at radius 2 is 1.77 bits per heavy atom. The molecule has 0 aromatic heterocycles. The Morgan fingerprint density at radius 1 is 1.23 bits per heavy atom. The SMILES string of the molecule is CCS(=O)C(C)(C)c1ccccc1. The van der Waals surface area contributed by atoms with E-state index in [1.165, 1.54) is 0 Å². The van der Waals surface area contributed by atoms with Gasteiger partial charge in [-0.25, -0.2) is 0 Å². The van der Waals surface area contributed by atoms with E-state index in [1.54, 1.807) is 0 Å². The molecule has 1 nitrogen and oxygen atoms in total. The van der Waals surface area contributed by atoms with Crippen molar-refractivity contribution < 1.29 is 4.21 Å². The summed E-state index contributed by atoms with van der Waals surface area (Å²) in [5, 5.41) is 0. The van der Waals surface area contributed by atoms with Crippen LogP contribution in [0.2, 0.25) is 0 Å². The van der Waals surface area contributed by atoms with Crippen LogP contribution in [0.15, 0.2) is 30.3 Å². The summed E-state index contributed by atoms with van der Waals surface area (Å²) >= 11 is 0. The fraction of sp³-hybridized carbons (Fsp3) is 0.455. The first-order chi connectivity index (χ1) is 6.09. The molecule has 1 rings (SSSR count). The Kier molecular flexibility index (Phi) is 3.26. The van der Waals surface area contributed by atoms with Gasteiger partial charge in [-0.05, 0) is 19.4 Å². The number of rotatable bonds is 3. The first kappa shape index (κ1) is 10.5. The van der Waals surface area contributed by atoms with Crippen molar-refractivity contribution in [2.24, 2.45) is 0 Å². The van der Waals surface area contributed by atoms with Gasteiger partial charge < -0.3 is 0 Å². The van der Waals surface area contributed by atoms with E-state index in [0.717, 1.165) is 5.56 Å². The van der Waals surface area contributed by atoms with Gasteiger partial charge in [-0.3, -0.25) is 4.21 Å². The molecule has 0 radical (unpaired) electrons. The van der Waals surface area contributed by atoms with Gasteiger partial charge in [0.05, 0.1) is 4.75 Å². The van der Waals surface area contributed by atoms with E-state index >= 15 is 0 Å². The molecule has 0 saturated heterocycles. The van der Waals surface area contributed by atoms with Crippen molar-refractivity contribution in [1.82, 2.24) is 0 Å². The summed E-state index contributed by atoms with van der Waals surface area (Å²) in [5.74, 6) is 0.710. The van der Waals surface area contributed by atoms with Crippen LogP contribution in [0.4, 0.5) is 0 Å². The molecule has 0 aliphatic heterocycles. The Bertz CT molecular complexity index is 290. The molecule has 1 aromatic carbocycles. The quantitative estimate of drug-likeness (QED) is 0.726. The number of hydrogen-bond acceptors (Lipinski definition) is 1. The predicted octanol–water partition coefficient (Wildman–Crippen LogP) is 2.69. The van der Waals surface area contributed by atoms with E-state index in [9.17, 15) is 4.21 Å². The predicted molar refractivity (Wildman–Crippen MR) is 58.2 cm³/mol. The molecule has 0 amide bonds. The summed E-state index contributed by atoms with van der Waals surface area (Å²) in [4.78, 5) is 0. The van der Waals surface area contributed by atoms with Crippen LogP contribution in [0.25, 0.3) is 0 Å². The van der Waals surface area contributed by atoms with Crippen molar-refractivity contribution in [2.75, 3.05) is 5.75 Å². The molecule has 0 heterocycles. The second-order valence-corrected chi connectivity index (χ2v) is 5.80. The Balaban J connectivity index is 3.00. The molecule has 0 bridgehead atoms. The lowest BCUT2D eigenvalue weighted by atomic mass is 10.0. The Morgan fingerprint density at radius 3 is 2.23 bits per heavy atom. The van der Waals surface area contributed by atoms with E-state index in [-0.39, 0.29) is 4.75 Å². The zero-order valence-corrected chi connectivity index (χ0v) is 9.23. The lowest BCUT2D eigenvalue weighted by Gasteiger charge is -2.23. The first-order valence-electron chi connectivity index (χ1n) is 4.53. The van der Waals surface area contributed by atoms with Crippen molar-refractivity contribution in [2.45, 2.75) is 25.5 Å². The first-order valence-corrected chi connectivity index (χ1v) is 5.85. The summed E-state index contributed by atoms with van der Waals surface area (Å²) in [7, 11) is -0.788. The van der Waals surface area contributed by atoms with E-state index in [4.69, 9.17) is 0 Å². The van der Waals surface area contributed by atoms with Crippen LogP contribution < -0.4 is 0 Å². The van der Waals surface area contributed by atoms with Crippen molar-refractivity contribution in [3.05, 3.63) is 35.9 Å². The molecule has 0 aliphatic carbocycles. The minimum absolute atomic E-state index is 0.226. The molecule has 2 heteroatoms. The zero-order chi connectivity index (χ0) is 9.90. The highest BCUT2D eigenvalue weighted by atomic mass is 32.2. The van der Waals surface area contributed by atoms with Crippen LogP contribution in [0.1, 0.15) is 26.3 Å². The summed E-state index contributed by atoms with van der Waals surface area (Å²) in [5.41, 5.74) is 1.15. The molecule has 1 unspecified atom stereocenters. The maximum absolute atomic E-state index is 11.7. The Hall–Kier alpha value is -0.630. The standard InChI is InChI=1S/C11H16OS/c1-4-13(12)11(2,3)10-8-6-5-7-9-10/h5-9H,4H2,1-3H3. The van der Waals surface area contributed by atoms with Crippen molar-refractivity contribution in [3.8, 4) is 0 Å². The monoisotopic (exact) mass is 196 g/mol. The lowest BCUT2D eigenvalue weighted by Crippen LogP contribution is -2.24. The topological polar surface area (TPSA) is 17.1 Å². The molecule has 0 spiro atoms. The average Bonchev–Trinajstić information content (AvgIpc) is 2.18. The van der Waals surface area contributed by atoms with E-state index in [2.05, 4.69) is 0 Å². The molecule has 1 atom stereocenters. The largest absolute Gasteiger partial charge is 0.259 e. The minimum atomic E-state index is -0.788. The van der Waals surface area contributed by atoms with Gasteiger partial charge in [-0.15, -0.1) is 0 Å². The van der Waals surface area contributed by atoms with Crippen LogP contribution in [0, 0.1) is 0 Å². The second-order valence-electron chi connectivity index (χ2n) is 3.51. The molecule has 1 aromatic rings. The van der Waals surface area contributed by atoms with Gasteiger partial charge in [0.25, 0.3) is 0 Å². The van der Waals surface area contributed by atoms with Crippen molar-refractivity contribution in [3.63, 3.8) is 0 Å². The Labute approximate surface area is 82.6 Å². The molecule has 0 saturated carbocycles. The highest BCUT2D eigenvalue weighted by Gasteiger charge is 2.26. The zero-order valence-electron chi connectivity index (χ0n) is 8.41. The van der Waals surface area contributed by atoms with E-state index in [0.29, 0.717) is 5.75 Å². The fourth-order valence-electron chi connectivity index (χ4n) is 1.33. The van der Waals surface area contributed by atoms with Crippen LogP contribution in [-0.4, -0.2) is 9.96 Å². The van der Waals surface area contributed by atoms with E-state index < -0.39 is 10.8 Å². The van der Waals surface area contributed by atoms with Gasteiger partial charge in [0.1, 0.15) is 0 Å². The van der Waals surface area contributed by atoms with Gasteiger partial charge in [0.2, 0.25) is 0 Å². The number of benzene rings is 1. The molecule has 72 valence electrons. The summed E-state index contributed by atoms with van der Waals surface area (Å²) in [6.45, 7) is 6.02. The molecular weight excluding hydrogens is 180 g/mol. The molecule has 0 aliphatic rings. The third-order valence-electron chi connectivity index (χ3n) is 2.30. The normalized spacial score (nSPS) is 14.1. The van der Waals surface area contributed by atoms with Crippen molar-refractivity contribution >= 4 is 10.8 Å². The third-order valence-corrected chi connectivity index (χ3v) is 4.20. The highest BCUT2D eigenvalue weighted by Crippen LogP contribution is 2.26. The summed E-state index contributed by atoms with van der Waals surface area (Å²) in [6, 6.07) is 10.0. The van der Waals surface area contributed by atoms with Crippen LogP contribution in [-0.2, 0) is 15.5 Å². The smallest absolute Gasteiger partial charge is 0.0650 e. The maximum Gasteiger partial charge on any atom is 0.0650 e.